The van der Waals surface area contributed by atoms with E-state index in [1.165, 1.54) is 0 Å². The molecule has 0 aliphatic rings. The summed E-state index contributed by atoms with van der Waals surface area (Å²) in [6, 6.07) is 10.6. The quantitative estimate of drug-likeness (QED) is 0.695. The highest BCUT2D eigenvalue weighted by Gasteiger charge is 2.16. The summed E-state index contributed by atoms with van der Waals surface area (Å²) in [5, 5.41) is 0. The van der Waals surface area contributed by atoms with Gasteiger partial charge < -0.3 is 10.5 Å². The second-order valence-corrected chi connectivity index (χ2v) is 5.16. The first kappa shape index (κ1) is 13.6. The molecule has 0 fully saturated rings. The number of nitrogen functional groups attached to an aromatic ring is 1. The fourth-order valence-electron chi connectivity index (χ4n) is 1.94. The molecule has 0 aliphatic carbocycles. The van der Waals surface area contributed by atoms with Crippen molar-refractivity contribution in [2.24, 2.45) is 0 Å². The van der Waals surface area contributed by atoms with Gasteiger partial charge in [0.15, 0.2) is 5.78 Å². The van der Waals surface area contributed by atoms with Crippen LogP contribution >= 0.6 is 15.9 Å². The highest BCUT2D eigenvalue weighted by molar-refractivity contribution is 9.10. The number of ether oxygens (including phenoxy) is 1. The maximum atomic E-state index is 12.5. The van der Waals surface area contributed by atoms with Crippen molar-refractivity contribution in [1.82, 2.24) is 0 Å². The lowest BCUT2D eigenvalue weighted by Crippen LogP contribution is -2.06. The first-order valence-corrected chi connectivity index (χ1v) is 6.56. The number of ketones is 1. The molecule has 0 heterocycles. The predicted octanol–water partition coefficient (Wildman–Crippen LogP) is 3.58. The summed E-state index contributed by atoms with van der Waals surface area (Å²) in [6.07, 6.45) is 0. The maximum absolute atomic E-state index is 12.5. The van der Waals surface area contributed by atoms with Gasteiger partial charge in [-0.15, -0.1) is 0 Å². The highest BCUT2D eigenvalue weighted by atomic mass is 79.9. The Morgan fingerprint density at radius 3 is 2.47 bits per heavy atom. The van der Waals surface area contributed by atoms with Crippen LogP contribution < -0.4 is 10.5 Å². The van der Waals surface area contributed by atoms with Gasteiger partial charge >= 0.3 is 0 Å². The average Bonchev–Trinajstić information content (AvgIpc) is 2.37. The van der Waals surface area contributed by atoms with Crippen LogP contribution in [0.2, 0.25) is 0 Å². The molecule has 19 heavy (non-hydrogen) atoms. The number of rotatable bonds is 3. The van der Waals surface area contributed by atoms with Crippen LogP contribution in [0.1, 0.15) is 21.5 Å². The molecule has 0 saturated carbocycles. The monoisotopic (exact) mass is 319 g/mol. The number of hydrogen-bond acceptors (Lipinski definition) is 3. The number of nitrogens with two attached hydrogens (primary N) is 1. The Balaban J connectivity index is 2.50. The molecule has 2 aromatic rings. The van der Waals surface area contributed by atoms with E-state index in [0.717, 1.165) is 10.0 Å². The first-order chi connectivity index (χ1) is 9.02. The van der Waals surface area contributed by atoms with E-state index in [1.54, 1.807) is 37.4 Å². The molecule has 0 unspecified atom stereocenters. The molecule has 0 bridgehead atoms. The molecule has 2 aromatic carbocycles. The highest BCUT2D eigenvalue weighted by Crippen LogP contribution is 2.27. The summed E-state index contributed by atoms with van der Waals surface area (Å²) in [5.74, 6) is 0.484. The fourth-order valence-corrected chi connectivity index (χ4v) is 2.28. The second-order valence-electron chi connectivity index (χ2n) is 4.25. The minimum Gasteiger partial charge on any atom is -0.496 e. The summed E-state index contributed by atoms with van der Waals surface area (Å²) >= 11 is 3.36. The Bertz CT molecular complexity index is 638. The van der Waals surface area contributed by atoms with Gasteiger partial charge in [-0.25, -0.2) is 0 Å². The van der Waals surface area contributed by atoms with E-state index in [9.17, 15) is 4.79 Å². The van der Waals surface area contributed by atoms with E-state index in [1.807, 2.05) is 13.0 Å². The van der Waals surface area contributed by atoms with Crippen molar-refractivity contribution in [3.63, 3.8) is 0 Å². The van der Waals surface area contributed by atoms with Crippen LogP contribution in [0.5, 0.6) is 5.75 Å². The van der Waals surface area contributed by atoms with Crippen molar-refractivity contribution in [3.8, 4) is 5.75 Å². The van der Waals surface area contributed by atoms with Crippen LogP contribution in [-0.4, -0.2) is 12.9 Å². The van der Waals surface area contributed by atoms with Gasteiger partial charge in [-0.3, -0.25) is 4.79 Å². The maximum Gasteiger partial charge on any atom is 0.197 e. The molecule has 0 aliphatic heterocycles. The topological polar surface area (TPSA) is 52.3 Å². The molecular formula is C15H14BrNO2. The van der Waals surface area contributed by atoms with E-state index in [0.29, 0.717) is 22.6 Å². The molecule has 0 saturated heterocycles. The van der Waals surface area contributed by atoms with Gasteiger partial charge in [0.05, 0.1) is 12.7 Å². The van der Waals surface area contributed by atoms with E-state index < -0.39 is 0 Å². The molecule has 2 rings (SSSR count). The zero-order chi connectivity index (χ0) is 14.0. The van der Waals surface area contributed by atoms with Crippen molar-refractivity contribution in [1.29, 1.82) is 0 Å². The Hall–Kier alpha value is -1.81. The Morgan fingerprint density at radius 2 is 1.84 bits per heavy atom. The van der Waals surface area contributed by atoms with Gasteiger partial charge in [0.2, 0.25) is 0 Å². The minimum absolute atomic E-state index is 0.0677. The number of carbonyl (C=O) groups excluding carboxylic acids is 1. The number of anilines is 1. The van der Waals surface area contributed by atoms with Crippen molar-refractivity contribution >= 4 is 27.4 Å². The summed E-state index contributed by atoms with van der Waals surface area (Å²) in [7, 11) is 1.55. The first-order valence-electron chi connectivity index (χ1n) is 5.77. The zero-order valence-electron chi connectivity index (χ0n) is 10.7. The van der Waals surface area contributed by atoms with E-state index in [-0.39, 0.29) is 5.78 Å². The molecule has 0 atom stereocenters. The van der Waals surface area contributed by atoms with Crippen LogP contribution in [0.15, 0.2) is 40.9 Å². The molecule has 98 valence electrons. The summed E-state index contributed by atoms with van der Waals surface area (Å²) in [4.78, 5) is 12.5. The summed E-state index contributed by atoms with van der Waals surface area (Å²) < 4.78 is 6.13. The third-order valence-corrected chi connectivity index (χ3v) is 3.40. The Labute approximate surface area is 120 Å². The smallest absolute Gasteiger partial charge is 0.197 e. The SMILES string of the molecule is COc1cc(Br)ccc1C(=O)c1ccc(N)cc1C. The number of aryl methyl sites for hydroxylation is 1. The van der Waals surface area contributed by atoms with Gasteiger partial charge in [-0.1, -0.05) is 15.9 Å². The van der Waals surface area contributed by atoms with Crippen LogP contribution in [0.4, 0.5) is 5.69 Å². The number of hydrogen-bond donors (Lipinski definition) is 1. The minimum atomic E-state index is -0.0677. The van der Waals surface area contributed by atoms with Crippen molar-refractivity contribution in [3.05, 3.63) is 57.6 Å². The van der Waals surface area contributed by atoms with Crippen LogP contribution in [0, 0.1) is 6.92 Å². The molecule has 4 heteroatoms. The third kappa shape index (κ3) is 2.79. The molecule has 0 amide bonds. The molecule has 0 radical (unpaired) electrons. The standard InChI is InChI=1S/C15H14BrNO2/c1-9-7-11(17)4-6-12(9)15(18)13-5-3-10(16)8-14(13)19-2/h3-8H,17H2,1-2H3. The lowest BCUT2D eigenvalue weighted by molar-refractivity contribution is 0.103. The Kier molecular flexibility index (Phi) is 3.90. The summed E-state index contributed by atoms with van der Waals surface area (Å²) in [6.45, 7) is 1.87. The number of methoxy groups -OCH3 is 1. The zero-order valence-corrected chi connectivity index (χ0v) is 12.3. The van der Waals surface area contributed by atoms with Gasteiger partial charge in [-0.2, -0.15) is 0 Å². The number of benzene rings is 2. The largest absolute Gasteiger partial charge is 0.496 e. The van der Waals surface area contributed by atoms with Crippen molar-refractivity contribution < 1.29 is 9.53 Å². The molecule has 0 spiro atoms. The number of carbonyl (C=O) groups is 1. The van der Waals surface area contributed by atoms with Gasteiger partial charge in [0, 0.05) is 15.7 Å². The predicted molar refractivity (Wildman–Crippen MR) is 79.7 cm³/mol. The molecule has 3 nitrogen and oxygen atoms in total. The van der Waals surface area contributed by atoms with Gasteiger partial charge in [0.25, 0.3) is 0 Å². The summed E-state index contributed by atoms with van der Waals surface area (Å²) in [5.41, 5.74) is 8.38. The van der Waals surface area contributed by atoms with E-state index in [2.05, 4.69) is 15.9 Å². The van der Waals surface area contributed by atoms with E-state index in [4.69, 9.17) is 10.5 Å². The van der Waals surface area contributed by atoms with Crippen LogP contribution in [0.25, 0.3) is 0 Å². The number of halogens is 1. The lowest BCUT2D eigenvalue weighted by Gasteiger charge is -2.10. The van der Waals surface area contributed by atoms with Crippen LogP contribution in [-0.2, 0) is 0 Å². The molecular weight excluding hydrogens is 306 g/mol. The Morgan fingerprint density at radius 1 is 1.16 bits per heavy atom. The van der Waals surface area contributed by atoms with E-state index >= 15 is 0 Å². The van der Waals surface area contributed by atoms with Crippen molar-refractivity contribution in [2.45, 2.75) is 6.92 Å². The van der Waals surface area contributed by atoms with Crippen LogP contribution in [0.3, 0.4) is 0 Å². The average molecular weight is 320 g/mol. The molecule has 2 N–H and O–H groups in total. The normalized spacial score (nSPS) is 10.3. The van der Waals surface area contributed by atoms with Gasteiger partial charge in [0.1, 0.15) is 5.75 Å². The third-order valence-electron chi connectivity index (χ3n) is 2.90. The second kappa shape index (κ2) is 5.45. The lowest BCUT2D eigenvalue weighted by atomic mass is 9.98. The fraction of sp³-hybridized carbons (Fsp3) is 0.133. The molecule has 0 aromatic heterocycles. The van der Waals surface area contributed by atoms with Gasteiger partial charge in [-0.05, 0) is 48.9 Å². The van der Waals surface area contributed by atoms with Crippen molar-refractivity contribution in [2.75, 3.05) is 12.8 Å².